The van der Waals surface area contributed by atoms with E-state index in [1.807, 2.05) is 11.8 Å². The molecule has 1 N–H and O–H groups in total. The van der Waals surface area contributed by atoms with Gasteiger partial charge in [0, 0.05) is 41.3 Å². The van der Waals surface area contributed by atoms with Crippen molar-refractivity contribution in [2.45, 2.75) is 37.3 Å². The number of hydrogen-bond acceptors (Lipinski definition) is 4. The Morgan fingerprint density at radius 2 is 2.06 bits per heavy atom. The van der Waals surface area contributed by atoms with Crippen LogP contribution in [0.15, 0.2) is 4.99 Å². The Morgan fingerprint density at radius 1 is 1.33 bits per heavy atom. The molecule has 0 atom stereocenters. The van der Waals surface area contributed by atoms with Crippen molar-refractivity contribution >= 4 is 27.7 Å². The minimum atomic E-state index is -0.588. The summed E-state index contributed by atoms with van der Waals surface area (Å²) in [5, 5.41) is 4.73. The van der Waals surface area contributed by atoms with E-state index in [9.17, 15) is 4.21 Å². The van der Waals surface area contributed by atoms with Crippen molar-refractivity contribution in [2.75, 3.05) is 30.5 Å². The van der Waals surface area contributed by atoms with Crippen LogP contribution in [0.25, 0.3) is 0 Å². The molecule has 3 saturated heterocycles. The summed E-state index contributed by atoms with van der Waals surface area (Å²) < 4.78 is 16.7. The molecule has 1 spiro atoms. The number of nitrogens with zero attached hydrogens (tertiary/aromatic N) is 1. The van der Waals surface area contributed by atoms with Crippen molar-refractivity contribution in [1.29, 1.82) is 0 Å². The SMILES string of the molecule is O=S1CCC(N=C2NC3(CCOCC3)CS2)CC1. The average molecular weight is 288 g/mol. The standard InChI is InChI=1S/C12H20N2O2S2/c15-18-7-1-10(2-8-18)13-11-14-12(9-17-11)3-5-16-6-4-12/h10H,1-9H2,(H,13,14). The summed E-state index contributed by atoms with van der Waals surface area (Å²) in [5.41, 5.74) is 0.235. The fourth-order valence-corrected chi connectivity index (χ4v) is 5.24. The first-order valence-corrected chi connectivity index (χ1v) is 9.15. The van der Waals surface area contributed by atoms with Gasteiger partial charge in [-0.1, -0.05) is 11.8 Å². The van der Waals surface area contributed by atoms with Crippen LogP contribution in [-0.4, -0.2) is 51.4 Å². The Labute approximate surface area is 115 Å². The van der Waals surface area contributed by atoms with Gasteiger partial charge in [0.05, 0.1) is 11.6 Å². The maximum atomic E-state index is 11.3. The van der Waals surface area contributed by atoms with Gasteiger partial charge in [-0.15, -0.1) is 0 Å². The average Bonchev–Trinajstić information content (AvgIpc) is 2.76. The third kappa shape index (κ3) is 2.91. The lowest BCUT2D eigenvalue weighted by atomic mass is 9.93. The van der Waals surface area contributed by atoms with Crippen LogP contribution < -0.4 is 5.32 Å². The molecule has 4 nitrogen and oxygen atoms in total. The van der Waals surface area contributed by atoms with Crippen LogP contribution in [0.5, 0.6) is 0 Å². The van der Waals surface area contributed by atoms with Crippen molar-refractivity contribution in [3.63, 3.8) is 0 Å². The van der Waals surface area contributed by atoms with Gasteiger partial charge >= 0.3 is 0 Å². The van der Waals surface area contributed by atoms with Gasteiger partial charge in [-0.05, 0) is 25.7 Å². The summed E-state index contributed by atoms with van der Waals surface area (Å²) in [6.45, 7) is 1.73. The summed E-state index contributed by atoms with van der Waals surface area (Å²) in [5.74, 6) is 2.77. The quantitative estimate of drug-likeness (QED) is 0.786. The molecule has 0 aromatic rings. The molecule has 0 aromatic heterocycles. The third-order valence-electron chi connectivity index (χ3n) is 3.96. The van der Waals surface area contributed by atoms with E-state index in [0.717, 1.165) is 61.3 Å². The molecule has 0 aliphatic carbocycles. The Hall–Kier alpha value is -0.0700. The predicted octanol–water partition coefficient (Wildman–Crippen LogP) is 1.14. The Bertz CT molecular complexity index is 357. The molecule has 0 amide bonds. The first kappa shape index (κ1) is 12.9. The molecule has 3 heterocycles. The highest BCUT2D eigenvalue weighted by molar-refractivity contribution is 8.14. The second-order valence-corrected chi connectivity index (χ2v) is 7.98. The van der Waals surface area contributed by atoms with Gasteiger partial charge in [-0.3, -0.25) is 9.20 Å². The smallest absolute Gasteiger partial charge is 0.157 e. The van der Waals surface area contributed by atoms with E-state index >= 15 is 0 Å². The van der Waals surface area contributed by atoms with Gasteiger partial charge < -0.3 is 10.1 Å². The van der Waals surface area contributed by atoms with Gasteiger partial charge in [0.2, 0.25) is 0 Å². The third-order valence-corrected chi connectivity index (χ3v) is 6.52. The monoisotopic (exact) mass is 288 g/mol. The van der Waals surface area contributed by atoms with Gasteiger partial charge in [0.1, 0.15) is 0 Å². The van der Waals surface area contributed by atoms with Gasteiger partial charge in [0.15, 0.2) is 5.17 Å². The number of amidine groups is 1. The fraction of sp³-hybridized carbons (Fsp3) is 0.917. The van der Waals surface area contributed by atoms with Crippen molar-refractivity contribution in [3.05, 3.63) is 0 Å². The highest BCUT2D eigenvalue weighted by Gasteiger charge is 2.38. The number of nitrogens with one attached hydrogen (secondary N) is 1. The zero-order chi connectivity index (χ0) is 12.4. The second kappa shape index (κ2) is 5.51. The summed E-state index contributed by atoms with van der Waals surface area (Å²) in [4.78, 5) is 4.81. The number of ether oxygens (including phenoxy) is 1. The first-order chi connectivity index (χ1) is 8.76. The molecule has 6 heteroatoms. The number of rotatable bonds is 1. The van der Waals surface area contributed by atoms with E-state index in [2.05, 4.69) is 5.32 Å². The normalized spacial score (nSPS) is 37.9. The van der Waals surface area contributed by atoms with E-state index in [1.54, 1.807) is 0 Å². The molecular weight excluding hydrogens is 268 g/mol. The van der Waals surface area contributed by atoms with Crippen LogP contribution in [0, 0.1) is 0 Å². The maximum Gasteiger partial charge on any atom is 0.157 e. The molecule has 3 aliphatic rings. The van der Waals surface area contributed by atoms with Crippen LogP contribution >= 0.6 is 11.8 Å². The Kier molecular flexibility index (Phi) is 3.96. The van der Waals surface area contributed by atoms with Crippen LogP contribution in [0.2, 0.25) is 0 Å². The van der Waals surface area contributed by atoms with E-state index in [1.165, 1.54) is 0 Å². The highest BCUT2D eigenvalue weighted by atomic mass is 32.2. The topological polar surface area (TPSA) is 50.7 Å². The van der Waals surface area contributed by atoms with E-state index in [-0.39, 0.29) is 5.54 Å². The van der Waals surface area contributed by atoms with Crippen molar-refractivity contribution in [2.24, 2.45) is 4.99 Å². The first-order valence-electron chi connectivity index (χ1n) is 6.67. The van der Waals surface area contributed by atoms with Crippen molar-refractivity contribution < 1.29 is 8.95 Å². The molecule has 0 radical (unpaired) electrons. The van der Waals surface area contributed by atoms with Crippen LogP contribution in [0.3, 0.4) is 0 Å². The minimum Gasteiger partial charge on any atom is -0.381 e. The lowest BCUT2D eigenvalue weighted by Crippen LogP contribution is -2.48. The second-order valence-electron chi connectivity index (χ2n) is 5.32. The maximum absolute atomic E-state index is 11.3. The predicted molar refractivity (Wildman–Crippen MR) is 76.7 cm³/mol. The van der Waals surface area contributed by atoms with Crippen molar-refractivity contribution in [1.82, 2.24) is 5.32 Å². The van der Waals surface area contributed by atoms with Crippen LogP contribution in [0.4, 0.5) is 0 Å². The van der Waals surface area contributed by atoms with Gasteiger partial charge in [-0.25, -0.2) is 0 Å². The molecular formula is C12H20N2O2S2. The molecule has 3 fully saturated rings. The lowest BCUT2D eigenvalue weighted by Gasteiger charge is -2.32. The summed E-state index contributed by atoms with van der Waals surface area (Å²) in [7, 11) is -0.588. The molecule has 3 rings (SSSR count). The van der Waals surface area contributed by atoms with E-state index in [0.29, 0.717) is 6.04 Å². The molecule has 3 aliphatic heterocycles. The fourth-order valence-electron chi connectivity index (χ4n) is 2.68. The van der Waals surface area contributed by atoms with E-state index < -0.39 is 10.8 Å². The van der Waals surface area contributed by atoms with Gasteiger partial charge in [0.25, 0.3) is 0 Å². The minimum absolute atomic E-state index is 0.235. The largest absolute Gasteiger partial charge is 0.381 e. The molecule has 0 aromatic carbocycles. The highest BCUT2D eigenvalue weighted by Crippen LogP contribution is 2.32. The summed E-state index contributed by atoms with van der Waals surface area (Å²) in [6, 6.07) is 0.382. The molecule has 0 saturated carbocycles. The lowest BCUT2D eigenvalue weighted by molar-refractivity contribution is 0.0555. The van der Waals surface area contributed by atoms with Gasteiger partial charge in [-0.2, -0.15) is 0 Å². The molecule has 0 bridgehead atoms. The van der Waals surface area contributed by atoms with E-state index in [4.69, 9.17) is 9.73 Å². The Morgan fingerprint density at radius 3 is 2.78 bits per heavy atom. The van der Waals surface area contributed by atoms with Crippen LogP contribution in [-0.2, 0) is 15.5 Å². The number of aliphatic imine (C=N–C) groups is 1. The van der Waals surface area contributed by atoms with Crippen molar-refractivity contribution in [3.8, 4) is 0 Å². The number of hydrogen-bond donors (Lipinski definition) is 1. The summed E-state index contributed by atoms with van der Waals surface area (Å²) >= 11 is 1.85. The zero-order valence-electron chi connectivity index (χ0n) is 10.5. The summed E-state index contributed by atoms with van der Waals surface area (Å²) in [6.07, 6.45) is 4.14. The zero-order valence-corrected chi connectivity index (χ0v) is 12.2. The number of thioether (sulfide) groups is 1. The molecule has 0 unspecified atom stereocenters. The molecule has 102 valence electrons. The van der Waals surface area contributed by atoms with Crippen LogP contribution in [0.1, 0.15) is 25.7 Å². The Balaban J connectivity index is 1.59. The molecule has 18 heavy (non-hydrogen) atoms.